The van der Waals surface area contributed by atoms with E-state index in [9.17, 15) is 0 Å². The standard InChI is InChI=1S/C17H18ClN6.ClH/c1-12-3-4-15(14(18)9-12)21-22-16-10-20-24(17(16)19)11-13-5-7-23(2)8-6-13;/h3-10H,11,19H2,1-2H3;1H/q+1;/p-1/b22-21+;. The molecule has 0 unspecified atom stereocenters. The molecular weight excluding hydrogens is 359 g/mol. The summed E-state index contributed by atoms with van der Waals surface area (Å²) in [5.41, 5.74) is 9.42. The highest BCUT2D eigenvalue weighted by Crippen LogP contribution is 2.29. The van der Waals surface area contributed by atoms with Crippen LogP contribution in [0.25, 0.3) is 0 Å². The first-order valence-electron chi connectivity index (χ1n) is 7.46. The van der Waals surface area contributed by atoms with E-state index in [1.54, 1.807) is 10.9 Å². The van der Waals surface area contributed by atoms with Gasteiger partial charge in [-0.1, -0.05) is 17.7 Å². The lowest BCUT2D eigenvalue weighted by molar-refractivity contribution is -0.671. The number of aromatic nitrogens is 3. The largest absolute Gasteiger partial charge is 1.00 e. The molecule has 6 nitrogen and oxygen atoms in total. The summed E-state index contributed by atoms with van der Waals surface area (Å²) >= 11 is 6.15. The lowest BCUT2D eigenvalue weighted by Gasteiger charge is -2.03. The van der Waals surface area contributed by atoms with Gasteiger partial charge < -0.3 is 18.1 Å². The molecule has 2 N–H and O–H groups in total. The van der Waals surface area contributed by atoms with Gasteiger partial charge in [0, 0.05) is 12.1 Å². The quantitative estimate of drug-likeness (QED) is 0.538. The lowest BCUT2D eigenvalue weighted by atomic mass is 10.2. The highest BCUT2D eigenvalue weighted by molar-refractivity contribution is 6.33. The molecule has 0 saturated carbocycles. The van der Waals surface area contributed by atoms with Crippen molar-refractivity contribution >= 4 is 28.8 Å². The van der Waals surface area contributed by atoms with Crippen LogP contribution < -0.4 is 22.7 Å². The molecule has 0 saturated heterocycles. The number of nitrogen functional groups attached to an aromatic ring is 1. The Bertz CT molecular complexity index is 887. The Hall–Kier alpha value is -2.44. The predicted molar refractivity (Wildman–Crippen MR) is 93.7 cm³/mol. The molecule has 8 heteroatoms. The highest BCUT2D eigenvalue weighted by atomic mass is 35.5. The second-order valence-corrected chi connectivity index (χ2v) is 6.01. The third-order valence-electron chi connectivity index (χ3n) is 3.61. The number of hydrogen-bond acceptors (Lipinski definition) is 4. The Morgan fingerprint density at radius 2 is 1.84 bits per heavy atom. The molecule has 0 amide bonds. The molecule has 0 aliphatic heterocycles. The Kier molecular flexibility index (Phi) is 6.12. The van der Waals surface area contributed by atoms with Gasteiger partial charge in [-0.25, -0.2) is 9.25 Å². The van der Waals surface area contributed by atoms with Crippen LogP contribution in [0.3, 0.4) is 0 Å². The summed E-state index contributed by atoms with van der Waals surface area (Å²) in [6.45, 7) is 2.55. The van der Waals surface area contributed by atoms with Gasteiger partial charge in [0.25, 0.3) is 0 Å². The summed E-state index contributed by atoms with van der Waals surface area (Å²) in [5.74, 6) is 0.468. The molecule has 0 radical (unpaired) electrons. The summed E-state index contributed by atoms with van der Waals surface area (Å²) in [7, 11) is 1.97. The van der Waals surface area contributed by atoms with Gasteiger partial charge >= 0.3 is 0 Å². The first kappa shape index (κ1) is 18.9. The molecule has 130 valence electrons. The van der Waals surface area contributed by atoms with E-state index in [-0.39, 0.29) is 12.4 Å². The number of benzene rings is 1. The molecule has 1 aromatic carbocycles. The highest BCUT2D eigenvalue weighted by Gasteiger charge is 2.08. The van der Waals surface area contributed by atoms with Crippen molar-refractivity contribution in [1.82, 2.24) is 9.78 Å². The van der Waals surface area contributed by atoms with Crippen molar-refractivity contribution in [2.24, 2.45) is 17.3 Å². The molecular formula is C17H18Cl2N6. The third-order valence-corrected chi connectivity index (χ3v) is 3.91. The monoisotopic (exact) mass is 376 g/mol. The van der Waals surface area contributed by atoms with Gasteiger partial charge in [-0.2, -0.15) is 5.10 Å². The van der Waals surface area contributed by atoms with E-state index in [1.165, 1.54) is 0 Å². The second-order valence-electron chi connectivity index (χ2n) is 5.60. The van der Waals surface area contributed by atoms with E-state index >= 15 is 0 Å². The SMILES string of the molecule is Cc1ccc(/N=N/c2cnn(Cc3cc[n+](C)cc3)c2N)c(Cl)c1.[Cl-]. The van der Waals surface area contributed by atoms with E-state index in [0.29, 0.717) is 28.8 Å². The molecule has 0 aliphatic carbocycles. The van der Waals surface area contributed by atoms with E-state index in [0.717, 1.165) is 11.1 Å². The molecule has 3 rings (SSSR count). The third kappa shape index (κ3) is 4.55. The van der Waals surface area contributed by atoms with Crippen molar-refractivity contribution in [2.45, 2.75) is 13.5 Å². The zero-order valence-corrected chi connectivity index (χ0v) is 15.4. The fraction of sp³-hybridized carbons (Fsp3) is 0.176. The number of azo groups is 1. The van der Waals surface area contributed by atoms with Crippen LogP contribution >= 0.6 is 11.6 Å². The summed E-state index contributed by atoms with van der Waals surface area (Å²) in [5, 5.41) is 13.2. The van der Waals surface area contributed by atoms with Crippen LogP contribution in [0.2, 0.25) is 5.02 Å². The van der Waals surface area contributed by atoms with E-state index in [2.05, 4.69) is 15.3 Å². The van der Waals surface area contributed by atoms with E-state index in [1.807, 2.05) is 61.3 Å². The first-order chi connectivity index (χ1) is 11.5. The maximum Gasteiger partial charge on any atom is 0.168 e. The normalized spacial score (nSPS) is 10.8. The molecule has 0 bridgehead atoms. The van der Waals surface area contributed by atoms with Crippen molar-refractivity contribution in [3.05, 3.63) is 65.1 Å². The van der Waals surface area contributed by atoms with Gasteiger partial charge in [0.1, 0.15) is 24.2 Å². The van der Waals surface area contributed by atoms with Crippen molar-refractivity contribution in [2.75, 3.05) is 5.73 Å². The predicted octanol–water partition coefficient (Wildman–Crippen LogP) is 0.719. The average Bonchev–Trinajstić information content (AvgIpc) is 2.89. The topological polar surface area (TPSA) is 72.4 Å². The minimum atomic E-state index is 0. The number of aryl methyl sites for hydroxylation is 2. The van der Waals surface area contributed by atoms with Gasteiger partial charge in [0.2, 0.25) is 0 Å². The summed E-state index contributed by atoms with van der Waals surface area (Å²) in [6.07, 6.45) is 5.56. The van der Waals surface area contributed by atoms with Crippen molar-refractivity contribution in [3.8, 4) is 0 Å². The minimum Gasteiger partial charge on any atom is -1.00 e. The maximum atomic E-state index is 6.15. The molecule has 2 aromatic heterocycles. The lowest BCUT2D eigenvalue weighted by Crippen LogP contribution is -3.00. The van der Waals surface area contributed by atoms with Crippen LogP contribution in [0, 0.1) is 6.92 Å². The smallest absolute Gasteiger partial charge is 0.168 e. The molecule has 0 aliphatic rings. The Labute approximate surface area is 157 Å². The van der Waals surface area contributed by atoms with Gasteiger partial charge in [-0.05, 0) is 30.2 Å². The number of nitrogens with zero attached hydrogens (tertiary/aromatic N) is 5. The number of halogens is 2. The van der Waals surface area contributed by atoms with Crippen LogP contribution in [0.4, 0.5) is 17.2 Å². The molecule has 0 atom stereocenters. The zero-order valence-electron chi connectivity index (χ0n) is 13.9. The number of rotatable bonds is 4. The van der Waals surface area contributed by atoms with Crippen LogP contribution in [0.5, 0.6) is 0 Å². The molecule has 0 spiro atoms. The molecule has 25 heavy (non-hydrogen) atoms. The number of nitrogens with two attached hydrogens (primary N) is 1. The van der Waals surface area contributed by atoms with Crippen LogP contribution in [0.1, 0.15) is 11.1 Å². The summed E-state index contributed by atoms with van der Waals surface area (Å²) in [4.78, 5) is 0. The number of pyridine rings is 1. The van der Waals surface area contributed by atoms with Gasteiger partial charge in [0.15, 0.2) is 12.4 Å². The fourth-order valence-electron chi connectivity index (χ4n) is 2.20. The summed E-state index contributed by atoms with van der Waals surface area (Å²) in [6, 6.07) is 9.65. The number of hydrogen-bond donors (Lipinski definition) is 1. The maximum absolute atomic E-state index is 6.15. The van der Waals surface area contributed by atoms with Crippen LogP contribution in [0.15, 0.2) is 59.2 Å². The van der Waals surface area contributed by atoms with Crippen molar-refractivity contribution in [1.29, 1.82) is 0 Å². The van der Waals surface area contributed by atoms with Crippen molar-refractivity contribution < 1.29 is 17.0 Å². The number of anilines is 1. The average molecular weight is 377 g/mol. The van der Waals surface area contributed by atoms with Crippen LogP contribution in [-0.2, 0) is 13.6 Å². The second kappa shape index (κ2) is 8.09. The van der Waals surface area contributed by atoms with E-state index in [4.69, 9.17) is 17.3 Å². The molecule has 2 heterocycles. The van der Waals surface area contributed by atoms with Crippen molar-refractivity contribution in [3.63, 3.8) is 0 Å². The Balaban J connectivity index is 0.00000225. The Morgan fingerprint density at radius 3 is 2.52 bits per heavy atom. The van der Waals surface area contributed by atoms with Gasteiger partial charge in [0.05, 0.1) is 17.8 Å². The van der Waals surface area contributed by atoms with Gasteiger partial charge in [-0.15, -0.1) is 10.2 Å². The fourth-order valence-corrected chi connectivity index (χ4v) is 2.47. The zero-order chi connectivity index (χ0) is 17.1. The Morgan fingerprint density at radius 1 is 1.16 bits per heavy atom. The van der Waals surface area contributed by atoms with Gasteiger partial charge in [-0.3, -0.25) is 0 Å². The molecule has 0 fully saturated rings. The summed E-state index contributed by atoms with van der Waals surface area (Å²) < 4.78 is 3.67. The molecule has 3 aromatic rings. The van der Waals surface area contributed by atoms with Crippen LogP contribution in [-0.4, -0.2) is 9.78 Å². The van der Waals surface area contributed by atoms with E-state index < -0.39 is 0 Å². The minimum absolute atomic E-state index is 0. The first-order valence-corrected chi connectivity index (χ1v) is 7.84.